The summed E-state index contributed by atoms with van der Waals surface area (Å²) >= 11 is 0. The quantitative estimate of drug-likeness (QED) is 0.177. The second-order valence-corrected chi connectivity index (χ2v) is 4.14. The third-order valence-corrected chi connectivity index (χ3v) is 2.03. The van der Waals surface area contributed by atoms with Crippen LogP contribution in [0, 0.1) is 0 Å². The van der Waals surface area contributed by atoms with Gasteiger partial charge in [-0.3, -0.25) is 19.4 Å². The highest BCUT2D eigenvalue weighted by molar-refractivity contribution is 5.86. The van der Waals surface area contributed by atoms with Gasteiger partial charge < -0.3 is 32.7 Å². The number of hydrogen-bond acceptors (Lipinski definition) is 5. The lowest BCUT2D eigenvalue weighted by molar-refractivity contribution is -0.141. The molecule has 0 fully saturated rings. The van der Waals surface area contributed by atoms with E-state index in [4.69, 9.17) is 32.2 Å². The zero-order valence-electron chi connectivity index (χ0n) is 12.1. The molecule has 0 rings (SSSR count). The largest absolute Gasteiger partial charge is 0.481 e. The van der Waals surface area contributed by atoms with Gasteiger partial charge in [-0.15, -0.1) is 0 Å². The van der Waals surface area contributed by atoms with Crippen molar-refractivity contribution in [2.45, 2.75) is 38.8 Å². The zero-order valence-corrected chi connectivity index (χ0v) is 12.1. The molecule has 0 saturated heterocycles. The van der Waals surface area contributed by atoms with E-state index in [1.807, 2.05) is 0 Å². The number of carbonyl (C=O) groups is 3. The van der Waals surface area contributed by atoms with E-state index >= 15 is 0 Å². The minimum Gasteiger partial charge on any atom is -0.481 e. The summed E-state index contributed by atoms with van der Waals surface area (Å²) < 4.78 is 0. The van der Waals surface area contributed by atoms with Crippen molar-refractivity contribution in [1.82, 2.24) is 5.32 Å². The molecule has 122 valence electrons. The molecule has 10 heteroatoms. The first-order valence-corrected chi connectivity index (χ1v) is 6.11. The molecule has 2 atom stereocenters. The Balaban J connectivity index is 0. The van der Waals surface area contributed by atoms with Crippen molar-refractivity contribution in [3.63, 3.8) is 0 Å². The van der Waals surface area contributed by atoms with Crippen molar-refractivity contribution in [3.8, 4) is 0 Å². The number of rotatable bonds is 7. The molecular formula is C11H23N5O5. The second kappa shape index (κ2) is 11.5. The highest BCUT2D eigenvalue weighted by Crippen LogP contribution is 1.96. The Hall–Kier alpha value is -2.36. The fourth-order valence-electron chi connectivity index (χ4n) is 1.03. The van der Waals surface area contributed by atoms with Crippen molar-refractivity contribution in [2.24, 2.45) is 22.2 Å². The maximum atomic E-state index is 11.4. The van der Waals surface area contributed by atoms with Gasteiger partial charge in [-0.2, -0.15) is 0 Å². The number of carbonyl (C=O) groups excluding carboxylic acids is 1. The highest BCUT2D eigenvalue weighted by Gasteiger charge is 2.18. The van der Waals surface area contributed by atoms with Crippen LogP contribution in [0.1, 0.15) is 26.7 Å². The van der Waals surface area contributed by atoms with Crippen LogP contribution in [0.5, 0.6) is 0 Å². The van der Waals surface area contributed by atoms with Crippen LogP contribution in [-0.2, 0) is 14.4 Å². The lowest BCUT2D eigenvalue weighted by Gasteiger charge is -2.14. The molecule has 0 aliphatic heterocycles. The third kappa shape index (κ3) is 15.6. The summed E-state index contributed by atoms with van der Waals surface area (Å²) in [4.78, 5) is 34.6. The van der Waals surface area contributed by atoms with Crippen molar-refractivity contribution in [1.29, 1.82) is 0 Å². The van der Waals surface area contributed by atoms with Crippen LogP contribution in [0.25, 0.3) is 0 Å². The first-order valence-electron chi connectivity index (χ1n) is 6.11. The number of guanidine groups is 1. The number of aliphatic imine (C=N–C) groups is 1. The molecule has 0 aliphatic carbocycles. The Morgan fingerprint density at radius 3 is 2.10 bits per heavy atom. The maximum Gasteiger partial charge on any atom is 0.325 e. The lowest BCUT2D eigenvalue weighted by Crippen LogP contribution is -2.47. The average Bonchev–Trinajstić information content (AvgIpc) is 2.32. The number of nitrogens with zero attached hydrogens (tertiary/aromatic N) is 1. The monoisotopic (exact) mass is 305 g/mol. The molecule has 10 nitrogen and oxygen atoms in total. The predicted octanol–water partition coefficient (Wildman–Crippen LogP) is -1.95. The van der Waals surface area contributed by atoms with Gasteiger partial charge in [0.15, 0.2) is 5.96 Å². The SMILES string of the molecule is CC(=O)O.C[C@H](NC(=O)[C@@H](N)CCCN=C(N)N)C(=O)O. The summed E-state index contributed by atoms with van der Waals surface area (Å²) in [5.41, 5.74) is 15.8. The summed E-state index contributed by atoms with van der Waals surface area (Å²) in [5, 5.41) is 18.3. The van der Waals surface area contributed by atoms with Crippen LogP contribution < -0.4 is 22.5 Å². The van der Waals surface area contributed by atoms with Gasteiger partial charge in [0.25, 0.3) is 5.97 Å². The van der Waals surface area contributed by atoms with E-state index in [1.165, 1.54) is 6.92 Å². The fourth-order valence-corrected chi connectivity index (χ4v) is 1.03. The molecule has 0 aromatic carbocycles. The van der Waals surface area contributed by atoms with Crippen molar-refractivity contribution >= 4 is 23.8 Å². The topological polar surface area (TPSA) is 194 Å². The molecule has 1 amide bonds. The van der Waals surface area contributed by atoms with E-state index < -0.39 is 29.9 Å². The summed E-state index contributed by atoms with van der Waals surface area (Å²) in [6.07, 6.45) is 0.933. The molecular weight excluding hydrogens is 282 g/mol. The lowest BCUT2D eigenvalue weighted by atomic mass is 10.1. The molecule has 0 spiro atoms. The molecule has 0 heterocycles. The van der Waals surface area contributed by atoms with Gasteiger partial charge in [-0.25, -0.2) is 0 Å². The minimum atomic E-state index is -1.11. The van der Waals surface area contributed by atoms with Gasteiger partial charge in [0.2, 0.25) is 5.91 Å². The average molecular weight is 305 g/mol. The summed E-state index contributed by atoms with van der Waals surface area (Å²) in [6.45, 7) is 2.84. The van der Waals surface area contributed by atoms with Crippen LogP contribution in [0.4, 0.5) is 0 Å². The number of carboxylic acids is 2. The summed E-state index contributed by atoms with van der Waals surface area (Å²) in [6, 6.07) is -1.71. The second-order valence-electron chi connectivity index (χ2n) is 4.14. The van der Waals surface area contributed by atoms with Crippen molar-refractivity contribution in [3.05, 3.63) is 0 Å². The van der Waals surface area contributed by atoms with E-state index in [0.717, 1.165) is 6.92 Å². The van der Waals surface area contributed by atoms with Crippen LogP contribution in [-0.4, -0.2) is 52.6 Å². The number of aliphatic carboxylic acids is 2. The number of nitrogens with two attached hydrogens (primary N) is 3. The van der Waals surface area contributed by atoms with E-state index in [2.05, 4.69) is 10.3 Å². The summed E-state index contributed by atoms with van der Waals surface area (Å²) in [5.74, 6) is -2.45. The number of nitrogens with one attached hydrogen (secondary N) is 1. The van der Waals surface area contributed by atoms with E-state index in [1.54, 1.807) is 0 Å². The Kier molecular flexibility index (Phi) is 11.4. The molecule has 21 heavy (non-hydrogen) atoms. The molecule has 0 bridgehead atoms. The van der Waals surface area contributed by atoms with Crippen LogP contribution >= 0.6 is 0 Å². The number of carboxylic acid groups (broad SMARTS) is 2. The van der Waals surface area contributed by atoms with Crippen LogP contribution in [0.2, 0.25) is 0 Å². The zero-order chi connectivity index (χ0) is 17.0. The van der Waals surface area contributed by atoms with Crippen molar-refractivity contribution < 1.29 is 24.6 Å². The molecule has 9 N–H and O–H groups in total. The van der Waals surface area contributed by atoms with Crippen LogP contribution in [0.15, 0.2) is 4.99 Å². The standard InChI is InChI=1S/C9H19N5O3.C2H4O2/c1-5(8(16)17)14-7(15)6(10)3-2-4-13-9(11)12;1-2(3)4/h5-6H,2-4,10H2,1H3,(H,14,15)(H,16,17)(H4,11,12,13);1H3,(H,3,4)/t5-,6-;/m0./s1. The maximum absolute atomic E-state index is 11.4. The Morgan fingerprint density at radius 2 is 1.71 bits per heavy atom. The smallest absolute Gasteiger partial charge is 0.325 e. The minimum absolute atomic E-state index is 0.0116. The highest BCUT2D eigenvalue weighted by atomic mass is 16.4. The summed E-state index contributed by atoms with van der Waals surface area (Å²) in [7, 11) is 0. The normalized spacial score (nSPS) is 12.1. The van der Waals surface area contributed by atoms with Gasteiger partial charge in [0, 0.05) is 13.5 Å². The Bertz CT molecular complexity index is 377. The van der Waals surface area contributed by atoms with E-state index in [9.17, 15) is 9.59 Å². The van der Waals surface area contributed by atoms with Gasteiger partial charge in [-0.05, 0) is 19.8 Å². The molecule has 0 saturated carbocycles. The van der Waals surface area contributed by atoms with E-state index in [0.29, 0.717) is 19.4 Å². The third-order valence-electron chi connectivity index (χ3n) is 2.03. The molecule has 0 radical (unpaired) electrons. The first-order chi connectivity index (χ1) is 9.57. The first kappa shape index (κ1) is 20.9. The van der Waals surface area contributed by atoms with Gasteiger partial charge >= 0.3 is 5.97 Å². The number of hydrogen-bond donors (Lipinski definition) is 6. The van der Waals surface area contributed by atoms with Crippen LogP contribution in [0.3, 0.4) is 0 Å². The van der Waals surface area contributed by atoms with Gasteiger partial charge in [-0.1, -0.05) is 0 Å². The predicted molar refractivity (Wildman–Crippen MR) is 76.4 cm³/mol. The molecule has 0 aliphatic rings. The van der Waals surface area contributed by atoms with Gasteiger partial charge in [0.1, 0.15) is 6.04 Å². The molecule has 0 aromatic heterocycles. The number of amides is 1. The Labute approximate surface area is 122 Å². The molecule has 0 aromatic rings. The van der Waals surface area contributed by atoms with Gasteiger partial charge in [0.05, 0.1) is 6.04 Å². The Morgan fingerprint density at radius 1 is 1.24 bits per heavy atom. The fraction of sp³-hybridized carbons (Fsp3) is 0.636. The molecule has 0 unspecified atom stereocenters. The van der Waals surface area contributed by atoms with Crippen molar-refractivity contribution in [2.75, 3.05) is 6.54 Å². The van der Waals surface area contributed by atoms with E-state index in [-0.39, 0.29) is 5.96 Å².